The normalized spacial score (nSPS) is 15.4. The summed E-state index contributed by atoms with van der Waals surface area (Å²) in [4.78, 5) is 34.7. The molecule has 6 rings (SSSR count). The number of methoxy groups -OCH3 is 1. The Balaban J connectivity index is 0.000000210. The first-order chi connectivity index (χ1) is 24.2. The van der Waals surface area contributed by atoms with E-state index in [4.69, 9.17) is 4.74 Å². The van der Waals surface area contributed by atoms with Crippen LogP contribution in [0.2, 0.25) is 0 Å². The van der Waals surface area contributed by atoms with Gasteiger partial charge < -0.3 is 30.6 Å². The molecule has 2 aromatic heterocycles. The summed E-state index contributed by atoms with van der Waals surface area (Å²) >= 11 is 1.45. The van der Waals surface area contributed by atoms with Gasteiger partial charge in [0.05, 0.1) is 18.8 Å². The van der Waals surface area contributed by atoms with Crippen molar-refractivity contribution in [3.05, 3.63) is 89.9 Å². The molecule has 5 N–H and O–H groups in total. The highest BCUT2D eigenvalue weighted by molar-refractivity contribution is 7.98. The molecule has 0 radical (unpaired) electrons. The molecule has 2 aliphatic rings. The number of carbonyl (C=O) groups excluding carboxylic acids is 2. The third-order valence-corrected chi connectivity index (χ3v) is 8.93. The SMILES string of the molecule is CCCN(CSC)C(O)(O)C(=O)N1CC=C(c2ccc(-c3ncn(C)n3)cc2)CC1.COc1ccc(C2NNc3ccc(NC=O)cc32)cn1. The predicted molar refractivity (Wildman–Crippen MR) is 194 cm³/mol. The molecule has 2 aromatic carbocycles. The number of hydrogen-bond donors (Lipinski definition) is 5. The van der Waals surface area contributed by atoms with Gasteiger partial charge in [-0.05, 0) is 54.0 Å². The molecule has 50 heavy (non-hydrogen) atoms. The molecule has 0 bridgehead atoms. The molecule has 2 aliphatic heterocycles. The van der Waals surface area contributed by atoms with Crippen LogP contribution in [-0.4, -0.2) is 96.9 Å². The lowest BCUT2D eigenvalue weighted by Gasteiger charge is -2.37. The molecule has 0 saturated heterocycles. The number of hydrogen-bond acceptors (Lipinski definition) is 12. The highest BCUT2D eigenvalue weighted by Gasteiger charge is 2.43. The topological polar surface area (TPSA) is 170 Å². The second-order valence-corrected chi connectivity index (χ2v) is 12.6. The molecule has 2 amide bonds. The van der Waals surface area contributed by atoms with E-state index in [1.807, 2.05) is 80.9 Å². The maximum atomic E-state index is 12.8. The monoisotopic (exact) mass is 701 g/mol. The van der Waals surface area contributed by atoms with Gasteiger partial charge in [-0.2, -0.15) is 5.10 Å². The molecule has 14 nitrogen and oxygen atoms in total. The Morgan fingerprint density at radius 3 is 2.54 bits per heavy atom. The van der Waals surface area contributed by atoms with Crippen LogP contribution >= 0.6 is 11.8 Å². The molecule has 4 heterocycles. The average molecular weight is 702 g/mol. The summed E-state index contributed by atoms with van der Waals surface area (Å²) in [7, 11) is 3.42. The summed E-state index contributed by atoms with van der Waals surface area (Å²) in [6, 6.07) is 17.5. The number of amides is 2. The number of nitrogens with one attached hydrogen (secondary N) is 3. The number of hydrazine groups is 1. The largest absolute Gasteiger partial charge is 0.481 e. The molecular formula is C35H43N9O5S. The van der Waals surface area contributed by atoms with Gasteiger partial charge in [0.2, 0.25) is 12.3 Å². The number of aliphatic hydroxyl groups is 2. The molecule has 15 heteroatoms. The molecule has 0 fully saturated rings. The number of aryl methyl sites for hydroxylation is 1. The number of pyridine rings is 1. The zero-order chi connectivity index (χ0) is 35.7. The minimum absolute atomic E-state index is 0.0168. The van der Waals surface area contributed by atoms with Gasteiger partial charge in [0.1, 0.15) is 6.33 Å². The van der Waals surface area contributed by atoms with Crippen molar-refractivity contribution < 1.29 is 24.5 Å². The lowest BCUT2D eigenvalue weighted by Crippen LogP contribution is -2.60. The van der Waals surface area contributed by atoms with Crippen molar-refractivity contribution in [3.8, 4) is 17.3 Å². The van der Waals surface area contributed by atoms with E-state index in [0.717, 1.165) is 45.6 Å². The Bertz CT molecular complexity index is 1770. The van der Waals surface area contributed by atoms with Gasteiger partial charge in [0, 0.05) is 61.6 Å². The molecule has 0 saturated carbocycles. The van der Waals surface area contributed by atoms with Crippen molar-refractivity contribution in [2.24, 2.45) is 7.05 Å². The number of anilines is 2. The molecule has 264 valence electrons. The van der Waals surface area contributed by atoms with E-state index in [1.54, 1.807) is 24.3 Å². The molecule has 1 unspecified atom stereocenters. The smallest absolute Gasteiger partial charge is 0.309 e. The van der Waals surface area contributed by atoms with E-state index in [1.165, 1.54) is 21.6 Å². The summed E-state index contributed by atoms with van der Waals surface area (Å²) in [5.41, 5.74) is 13.3. The Morgan fingerprint density at radius 1 is 1.16 bits per heavy atom. The van der Waals surface area contributed by atoms with E-state index in [9.17, 15) is 19.8 Å². The Kier molecular flexibility index (Phi) is 12.2. The lowest BCUT2D eigenvalue weighted by molar-refractivity contribution is -0.253. The van der Waals surface area contributed by atoms with E-state index >= 15 is 0 Å². The number of nitrogens with zero attached hydrogens (tertiary/aromatic N) is 6. The van der Waals surface area contributed by atoms with E-state index in [2.05, 4.69) is 31.2 Å². The van der Waals surface area contributed by atoms with E-state index in [0.29, 0.717) is 50.0 Å². The Morgan fingerprint density at radius 2 is 1.94 bits per heavy atom. The molecule has 4 aromatic rings. The van der Waals surface area contributed by atoms with Crippen LogP contribution < -0.4 is 20.9 Å². The fourth-order valence-corrected chi connectivity index (χ4v) is 6.37. The first kappa shape index (κ1) is 36.5. The van der Waals surface area contributed by atoms with Gasteiger partial charge in [0.15, 0.2) is 5.82 Å². The minimum Gasteiger partial charge on any atom is -0.481 e. The highest BCUT2D eigenvalue weighted by atomic mass is 32.2. The van der Waals surface area contributed by atoms with Crippen LogP contribution in [0.5, 0.6) is 5.88 Å². The number of thioether (sulfide) groups is 1. The highest BCUT2D eigenvalue weighted by Crippen LogP contribution is 2.35. The van der Waals surface area contributed by atoms with Crippen molar-refractivity contribution in [3.63, 3.8) is 0 Å². The van der Waals surface area contributed by atoms with Crippen LogP contribution in [0.1, 0.15) is 42.5 Å². The van der Waals surface area contributed by atoms with E-state index in [-0.39, 0.29) is 6.04 Å². The Hall–Kier alpha value is -4.80. The van der Waals surface area contributed by atoms with Crippen LogP contribution in [0.15, 0.2) is 73.2 Å². The number of aromatic nitrogens is 4. The number of rotatable bonds is 12. The molecular weight excluding hydrogens is 659 g/mol. The first-order valence-electron chi connectivity index (χ1n) is 16.2. The number of fused-ring (bicyclic) bond motifs is 1. The van der Waals surface area contributed by atoms with Gasteiger partial charge in [-0.15, -0.1) is 11.8 Å². The maximum absolute atomic E-state index is 12.8. The fourth-order valence-electron chi connectivity index (χ4n) is 5.75. The molecule has 1 atom stereocenters. The van der Waals surface area contributed by atoms with Gasteiger partial charge in [-0.1, -0.05) is 43.3 Å². The summed E-state index contributed by atoms with van der Waals surface area (Å²) in [6.07, 6.45) is 9.33. The van der Waals surface area contributed by atoms with Crippen LogP contribution in [-0.2, 0) is 16.6 Å². The zero-order valence-electron chi connectivity index (χ0n) is 28.5. The van der Waals surface area contributed by atoms with Gasteiger partial charge in [0.25, 0.3) is 5.91 Å². The molecule has 0 spiro atoms. The average Bonchev–Trinajstić information content (AvgIpc) is 3.78. The summed E-state index contributed by atoms with van der Waals surface area (Å²) in [6.45, 7) is 3.17. The van der Waals surface area contributed by atoms with Crippen LogP contribution in [0.3, 0.4) is 0 Å². The Labute approximate surface area is 295 Å². The van der Waals surface area contributed by atoms with Crippen molar-refractivity contribution >= 4 is 41.0 Å². The first-order valence-corrected chi connectivity index (χ1v) is 17.6. The number of ether oxygens (including phenoxy) is 1. The number of carbonyl (C=O) groups is 2. The van der Waals surface area contributed by atoms with Gasteiger partial charge >= 0.3 is 5.91 Å². The quantitative estimate of drug-likeness (QED) is 0.108. The maximum Gasteiger partial charge on any atom is 0.309 e. The van der Waals surface area contributed by atoms with Crippen LogP contribution in [0.25, 0.3) is 17.0 Å². The third kappa shape index (κ3) is 8.49. The van der Waals surface area contributed by atoms with E-state index < -0.39 is 11.8 Å². The van der Waals surface area contributed by atoms with Crippen molar-refractivity contribution in [2.75, 3.05) is 49.6 Å². The van der Waals surface area contributed by atoms with Crippen molar-refractivity contribution in [1.29, 1.82) is 0 Å². The fraction of sp³-hybridized carbons (Fsp3) is 0.343. The standard InChI is InChI=1S/C21H29N5O3S.C14H14N4O2/c1-4-11-26(15-30-3)21(28,29)20(27)25-12-9-17(10-13-25)16-5-7-18(8-6-16)19-22-14-24(2)23-19;1-20-13-5-2-9(7-15-13)14-11-6-10(16-8-19)3-4-12(11)17-18-14/h5-9,14,28-29H,4,10-13,15H2,1-3H3;2-8,14,17-18H,1H3,(H,16,19). The van der Waals surface area contributed by atoms with Gasteiger partial charge in [-0.25, -0.2) is 20.3 Å². The summed E-state index contributed by atoms with van der Waals surface area (Å²) < 4.78 is 6.72. The minimum atomic E-state index is -2.48. The second-order valence-electron chi connectivity index (χ2n) is 11.8. The van der Waals surface area contributed by atoms with Crippen LogP contribution in [0, 0.1) is 0 Å². The van der Waals surface area contributed by atoms with Crippen molar-refractivity contribution in [1.82, 2.24) is 35.0 Å². The second kappa shape index (κ2) is 16.7. The van der Waals surface area contributed by atoms with Gasteiger partial charge in [-0.3, -0.25) is 14.3 Å². The molecule has 0 aliphatic carbocycles. The predicted octanol–water partition coefficient (Wildman–Crippen LogP) is 3.45. The van der Waals surface area contributed by atoms with Crippen molar-refractivity contribution in [2.45, 2.75) is 31.7 Å². The summed E-state index contributed by atoms with van der Waals surface area (Å²) in [5, 5.41) is 28.0. The summed E-state index contributed by atoms with van der Waals surface area (Å²) in [5.74, 6) is -1.52. The zero-order valence-corrected chi connectivity index (χ0v) is 29.4. The number of benzene rings is 2. The lowest BCUT2D eigenvalue weighted by atomic mass is 9.98. The third-order valence-electron chi connectivity index (χ3n) is 8.36. The van der Waals surface area contributed by atoms with Crippen LogP contribution in [0.4, 0.5) is 11.4 Å².